The van der Waals surface area contributed by atoms with Gasteiger partial charge in [0.25, 0.3) is 0 Å². The Balaban J connectivity index is 2.19. The van der Waals surface area contributed by atoms with Crippen molar-refractivity contribution < 1.29 is 23.8 Å². The van der Waals surface area contributed by atoms with E-state index in [1.807, 2.05) is 0 Å². The first-order valence-corrected chi connectivity index (χ1v) is 5.33. The van der Waals surface area contributed by atoms with Crippen LogP contribution in [0.2, 0.25) is 0 Å². The van der Waals surface area contributed by atoms with E-state index in [0.29, 0.717) is 11.5 Å². The summed E-state index contributed by atoms with van der Waals surface area (Å²) in [5.74, 6) is 0.820. The van der Waals surface area contributed by atoms with Crippen LogP contribution in [-0.2, 0) is 14.3 Å². The Morgan fingerprint density at radius 2 is 2.28 bits per heavy atom. The molecule has 1 aromatic rings. The summed E-state index contributed by atoms with van der Waals surface area (Å²) in [7, 11) is 1.30. The maximum absolute atomic E-state index is 11.3. The number of carbonyl (C=O) groups excluding carboxylic acids is 2. The topological polar surface area (TPSA) is 73.9 Å². The summed E-state index contributed by atoms with van der Waals surface area (Å²) in [6, 6.07) is 4.71. The number of fused-ring (bicyclic) bond motifs is 1. The Morgan fingerprint density at radius 1 is 1.50 bits per heavy atom. The third-order valence-electron chi connectivity index (χ3n) is 2.63. The zero-order chi connectivity index (χ0) is 13.0. The van der Waals surface area contributed by atoms with E-state index in [0.717, 1.165) is 5.56 Å². The third kappa shape index (κ3) is 2.53. The van der Waals surface area contributed by atoms with Crippen LogP contribution in [0.15, 0.2) is 18.2 Å². The van der Waals surface area contributed by atoms with Gasteiger partial charge in [-0.3, -0.25) is 9.59 Å². The molecule has 1 unspecified atom stereocenters. The predicted octanol–water partition coefficient (Wildman–Crippen LogP) is 0.676. The van der Waals surface area contributed by atoms with Crippen LogP contribution >= 0.6 is 0 Å². The summed E-state index contributed by atoms with van der Waals surface area (Å²) in [4.78, 5) is 21.7. The summed E-state index contributed by atoms with van der Waals surface area (Å²) < 4.78 is 15.0. The van der Waals surface area contributed by atoms with Crippen LogP contribution in [0.4, 0.5) is 0 Å². The number of hydrogen-bond donors (Lipinski definition) is 1. The number of ether oxygens (including phenoxy) is 3. The number of hydrogen-bond acceptors (Lipinski definition) is 5. The highest BCUT2D eigenvalue weighted by molar-refractivity contribution is 5.71. The molecule has 6 nitrogen and oxygen atoms in total. The van der Waals surface area contributed by atoms with E-state index in [9.17, 15) is 9.59 Å². The average molecular weight is 250 g/mol. The molecule has 1 amide bonds. The van der Waals surface area contributed by atoms with Crippen molar-refractivity contribution in [2.75, 3.05) is 13.9 Å². The number of esters is 1. The molecule has 95 valence electrons. The number of rotatable bonds is 5. The van der Waals surface area contributed by atoms with Crippen LogP contribution in [0, 0.1) is 0 Å². The lowest BCUT2D eigenvalue weighted by atomic mass is 10.0. The van der Waals surface area contributed by atoms with Gasteiger partial charge in [-0.25, -0.2) is 0 Å². The quantitative estimate of drug-likeness (QED) is 0.614. The predicted molar refractivity (Wildman–Crippen MR) is 60.8 cm³/mol. The highest BCUT2D eigenvalue weighted by Gasteiger charge is 2.20. The van der Waals surface area contributed by atoms with Crippen LogP contribution < -0.4 is 14.8 Å². The van der Waals surface area contributed by atoms with Crippen molar-refractivity contribution in [2.24, 2.45) is 0 Å². The molecule has 0 fully saturated rings. The molecule has 0 aromatic heterocycles. The van der Waals surface area contributed by atoms with Crippen molar-refractivity contribution in [1.29, 1.82) is 0 Å². The SMILES string of the molecule is COC(=O)CC(N[C]=O)c1ccc2c(c1)OCO2. The Kier molecular flexibility index (Phi) is 3.66. The van der Waals surface area contributed by atoms with Crippen molar-refractivity contribution in [1.82, 2.24) is 5.32 Å². The monoisotopic (exact) mass is 250 g/mol. The van der Waals surface area contributed by atoms with E-state index >= 15 is 0 Å². The van der Waals surface area contributed by atoms with Crippen LogP contribution in [0.3, 0.4) is 0 Å². The van der Waals surface area contributed by atoms with Crippen molar-refractivity contribution in [3.05, 3.63) is 23.8 Å². The second kappa shape index (κ2) is 5.39. The molecular formula is C12H12NO5. The van der Waals surface area contributed by atoms with Gasteiger partial charge in [0, 0.05) is 0 Å². The molecule has 1 N–H and O–H groups in total. The van der Waals surface area contributed by atoms with Crippen molar-refractivity contribution >= 4 is 12.4 Å². The van der Waals surface area contributed by atoms with Crippen LogP contribution in [0.5, 0.6) is 11.5 Å². The Bertz CT molecular complexity index is 460. The van der Waals surface area contributed by atoms with Gasteiger partial charge in [0.15, 0.2) is 11.5 Å². The maximum atomic E-state index is 11.3. The molecule has 6 heteroatoms. The Hall–Kier alpha value is -2.24. The van der Waals surface area contributed by atoms with Gasteiger partial charge in [-0.15, -0.1) is 0 Å². The zero-order valence-corrected chi connectivity index (χ0v) is 9.76. The molecule has 0 saturated carbocycles. The van der Waals surface area contributed by atoms with E-state index in [2.05, 4.69) is 10.1 Å². The minimum atomic E-state index is -0.496. The largest absolute Gasteiger partial charge is 0.469 e. The van der Waals surface area contributed by atoms with Gasteiger partial charge in [0.1, 0.15) is 0 Å². The highest BCUT2D eigenvalue weighted by atomic mass is 16.7. The molecule has 1 aliphatic rings. The van der Waals surface area contributed by atoms with Crippen molar-refractivity contribution in [2.45, 2.75) is 12.5 Å². The van der Waals surface area contributed by atoms with E-state index in [4.69, 9.17) is 9.47 Å². The Labute approximate surface area is 104 Å². The molecule has 1 aliphatic heterocycles. The molecule has 0 aliphatic carbocycles. The minimum Gasteiger partial charge on any atom is -0.469 e. The second-order valence-corrected chi connectivity index (χ2v) is 3.69. The molecule has 0 bridgehead atoms. The van der Waals surface area contributed by atoms with Crippen LogP contribution in [0.1, 0.15) is 18.0 Å². The lowest BCUT2D eigenvalue weighted by Crippen LogP contribution is -2.23. The summed E-state index contributed by atoms with van der Waals surface area (Å²) >= 11 is 0. The highest BCUT2D eigenvalue weighted by Crippen LogP contribution is 2.34. The van der Waals surface area contributed by atoms with E-state index < -0.39 is 12.0 Å². The van der Waals surface area contributed by atoms with Crippen molar-refractivity contribution in [3.63, 3.8) is 0 Å². The van der Waals surface area contributed by atoms with E-state index in [1.165, 1.54) is 7.11 Å². The fraction of sp³-hybridized carbons (Fsp3) is 0.333. The summed E-state index contributed by atoms with van der Waals surface area (Å²) in [6.07, 6.45) is 1.62. The summed E-state index contributed by atoms with van der Waals surface area (Å²) in [6.45, 7) is 0.174. The summed E-state index contributed by atoms with van der Waals surface area (Å²) in [5.41, 5.74) is 0.730. The first kappa shape index (κ1) is 12.2. The van der Waals surface area contributed by atoms with Gasteiger partial charge < -0.3 is 19.5 Å². The second-order valence-electron chi connectivity index (χ2n) is 3.69. The Morgan fingerprint density at radius 3 is 3.00 bits per heavy atom. The van der Waals surface area contributed by atoms with Gasteiger partial charge in [-0.1, -0.05) is 6.07 Å². The first-order valence-electron chi connectivity index (χ1n) is 5.33. The molecule has 1 aromatic carbocycles. The minimum absolute atomic E-state index is 0.0331. The number of benzene rings is 1. The van der Waals surface area contributed by atoms with Gasteiger partial charge in [0.05, 0.1) is 19.6 Å². The lowest BCUT2D eigenvalue weighted by Gasteiger charge is -2.15. The molecule has 1 radical (unpaired) electrons. The van der Waals surface area contributed by atoms with Gasteiger partial charge >= 0.3 is 12.4 Å². The molecular weight excluding hydrogens is 238 g/mol. The smallest absolute Gasteiger partial charge is 0.309 e. The number of nitrogens with one attached hydrogen (secondary N) is 1. The zero-order valence-electron chi connectivity index (χ0n) is 9.76. The van der Waals surface area contributed by atoms with Crippen LogP contribution in [-0.4, -0.2) is 26.3 Å². The number of amides is 1. The maximum Gasteiger partial charge on any atom is 0.309 e. The van der Waals surface area contributed by atoms with E-state index in [1.54, 1.807) is 24.6 Å². The molecule has 18 heavy (non-hydrogen) atoms. The normalized spacial score (nSPS) is 13.8. The molecule has 1 atom stereocenters. The number of methoxy groups -OCH3 is 1. The van der Waals surface area contributed by atoms with E-state index in [-0.39, 0.29) is 13.2 Å². The summed E-state index contributed by atoms with van der Waals surface area (Å²) in [5, 5.41) is 2.45. The third-order valence-corrected chi connectivity index (χ3v) is 2.63. The number of carbonyl (C=O) groups is 1. The standard InChI is InChI=1S/C12H12NO5/c1-16-12(15)5-9(13-6-14)8-2-3-10-11(4-8)18-7-17-10/h2-4,9H,5,7H2,1H3,(H,13,14). The van der Waals surface area contributed by atoms with Gasteiger partial charge in [-0.05, 0) is 17.7 Å². The lowest BCUT2D eigenvalue weighted by molar-refractivity contribution is -0.141. The van der Waals surface area contributed by atoms with Crippen molar-refractivity contribution in [3.8, 4) is 11.5 Å². The fourth-order valence-corrected chi connectivity index (χ4v) is 1.70. The molecule has 2 rings (SSSR count). The molecule has 0 saturated heterocycles. The molecule has 1 heterocycles. The van der Waals surface area contributed by atoms with Gasteiger partial charge in [0.2, 0.25) is 6.79 Å². The average Bonchev–Trinajstić information content (AvgIpc) is 2.85. The van der Waals surface area contributed by atoms with Crippen LogP contribution in [0.25, 0.3) is 0 Å². The molecule has 0 spiro atoms. The van der Waals surface area contributed by atoms with Gasteiger partial charge in [-0.2, -0.15) is 0 Å². The first-order chi connectivity index (χ1) is 8.74. The fourth-order valence-electron chi connectivity index (χ4n) is 1.70.